The minimum atomic E-state index is -0.335. The Kier molecular flexibility index (Phi) is 24.5. The second-order valence-electron chi connectivity index (χ2n) is 6.31. The van der Waals surface area contributed by atoms with E-state index in [9.17, 15) is 0 Å². The Labute approximate surface area is 180 Å². The van der Waals surface area contributed by atoms with Crippen LogP contribution in [0.1, 0.15) is 6.92 Å². The molecule has 5 N–H and O–H groups in total. The van der Waals surface area contributed by atoms with Crippen LogP contribution < -0.4 is 11.6 Å². The average molecular weight is 442 g/mol. The van der Waals surface area contributed by atoms with E-state index >= 15 is 0 Å². The van der Waals surface area contributed by atoms with E-state index in [2.05, 4.69) is 0 Å². The molecular weight excluding hydrogens is 398 g/mol. The van der Waals surface area contributed by atoms with Gasteiger partial charge in [0, 0.05) is 25.7 Å². The second kappa shape index (κ2) is 24.8. The monoisotopic (exact) mass is 441 g/mol. The van der Waals surface area contributed by atoms with Gasteiger partial charge in [-0.1, -0.05) is 0 Å². The van der Waals surface area contributed by atoms with Gasteiger partial charge in [-0.3, -0.25) is 5.84 Å². The highest BCUT2D eigenvalue weighted by atomic mass is 16.6. The summed E-state index contributed by atoms with van der Waals surface area (Å²) in [6.07, 6.45) is 0. The molecular formula is C19H43N3O8. The summed E-state index contributed by atoms with van der Waals surface area (Å²) >= 11 is 0. The van der Waals surface area contributed by atoms with Gasteiger partial charge >= 0.3 is 0 Å². The third kappa shape index (κ3) is 23.8. The molecule has 0 heterocycles. The minimum Gasteiger partial charge on any atom is -0.395 e. The summed E-state index contributed by atoms with van der Waals surface area (Å²) in [5.41, 5.74) is 5.59. The highest BCUT2D eigenvalue weighted by molar-refractivity contribution is 4.62. The molecule has 0 bridgehead atoms. The Morgan fingerprint density at radius 2 is 0.967 bits per heavy atom. The Hall–Kier alpha value is -0.440. The average Bonchev–Trinajstić information content (AvgIpc) is 2.74. The van der Waals surface area contributed by atoms with Crippen LogP contribution in [0.25, 0.3) is 0 Å². The maximum Gasteiger partial charge on any atom is 0.0701 e. The van der Waals surface area contributed by atoms with Crippen molar-refractivity contribution in [2.24, 2.45) is 11.6 Å². The van der Waals surface area contributed by atoms with E-state index in [-0.39, 0.29) is 12.6 Å². The molecule has 1 unspecified atom stereocenters. The van der Waals surface area contributed by atoms with Crippen LogP contribution in [0.15, 0.2) is 0 Å². The summed E-state index contributed by atoms with van der Waals surface area (Å²) < 4.78 is 37.5. The minimum absolute atomic E-state index is 0.0864. The summed E-state index contributed by atoms with van der Waals surface area (Å²) in [5.74, 6) is 5.72. The Morgan fingerprint density at radius 1 is 0.633 bits per heavy atom. The molecule has 0 spiro atoms. The molecule has 0 aliphatic heterocycles. The van der Waals surface area contributed by atoms with Gasteiger partial charge in [0.25, 0.3) is 0 Å². The highest BCUT2D eigenvalue weighted by Crippen LogP contribution is 1.87. The number of hydrazine groups is 1. The first-order valence-corrected chi connectivity index (χ1v) is 10.6. The Balaban J connectivity index is 3.08. The van der Waals surface area contributed by atoms with Crippen LogP contribution in [0.2, 0.25) is 0 Å². The lowest BCUT2D eigenvalue weighted by Gasteiger charge is -2.19. The third-order valence-electron chi connectivity index (χ3n) is 3.66. The first-order chi connectivity index (χ1) is 14.7. The van der Waals surface area contributed by atoms with Crippen LogP contribution in [0, 0.1) is 0 Å². The zero-order chi connectivity index (χ0) is 22.1. The maximum absolute atomic E-state index is 8.85. The fourth-order valence-electron chi connectivity index (χ4n) is 2.10. The number of nitrogens with zero attached hydrogens (tertiary/aromatic N) is 1. The van der Waals surface area contributed by atoms with Gasteiger partial charge in [-0.2, -0.15) is 0 Å². The van der Waals surface area contributed by atoms with E-state index in [0.717, 1.165) is 0 Å². The van der Waals surface area contributed by atoms with Crippen molar-refractivity contribution in [1.29, 1.82) is 0 Å². The second-order valence-corrected chi connectivity index (χ2v) is 6.31. The molecule has 0 fully saturated rings. The number of hydrogen-bond acceptors (Lipinski definition) is 11. The summed E-state index contributed by atoms with van der Waals surface area (Å²) in [4.78, 5) is 0. The fraction of sp³-hybridized carbons (Fsp3) is 1.00. The van der Waals surface area contributed by atoms with Crippen LogP contribution >= 0.6 is 0 Å². The molecule has 0 rings (SSSR count). The molecule has 0 saturated carbocycles. The van der Waals surface area contributed by atoms with E-state index in [4.69, 9.17) is 49.8 Å². The molecule has 182 valence electrons. The molecule has 11 heteroatoms. The van der Waals surface area contributed by atoms with Gasteiger partial charge in [-0.25, -0.2) is 5.01 Å². The zero-order valence-electron chi connectivity index (χ0n) is 18.5. The van der Waals surface area contributed by atoms with E-state index in [1.165, 1.54) is 5.01 Å². The molecule has 1 atom stereocenters. The van der Waals surface area contributed by atoms with E-state index in [1.54, 1.807) is 0 Å². The maximum atomic E-state index is 8.85. The fourth-order valence-corrected chi connectivity index (χ4v) is 2.10. The normalized spacial score (nSPS) is 12.7. The predicted molar refractivity (Wildman–Crippen MR) is 112 cm³/mol. The van der Waals surface area contributed by atoms with Crippen molar-refractivity contribution in [3.63, 3.8) is 0 Å². The van der Waals surface area contributed by atoms with Crippen molar-refractivity contribution in [1.82, 2.24) is 5.01 Å². The number of hydrogen-bond donors (Lipinski definition) is 3. The largest absolute Gasteiger partial charge is 0.395 e. The van der Waals surface area contributed by atoms with Gasteiger partial charge in [0.1, 0.15) is 0 Å². The molecule has 30 heavy (non-hydrogen) atoms. The summed E-state index contributed by atoms with van der Waals surface area (Å²) in [7, 11) is 0. The van der Waals surface area contributed by atoms with Gasteiger partial charge in [0.2, 0.25) is 0 Å². The molecule has 0 aliphatic carbocycles. The van der Waals surface area contributed by atoms with Crippen LogP contribution in [-0.2, 0) is 33.2 Å². The molecule has 11 nitrogen and oxygen atoms in total. The van der Waals surface area contributed by atoms with Gasteiger partial charge in [-0.15, -0.1) is 0 Å². The summed E-state index contributed by atoms with van der Waals surface area (Å²) in [6, 6.07) is -0.335. The van der Waals surface area contributed by atoms with Gasteiger partial charge in [0.15, 0.2) is 0 Å². The van der Waals surface area contributed by atoms with Crippen molar-refractivity contribution in [3.05, 3.63) is 0 Å². The number of nitrogens with two attached hydrogens (primary N) is 2. The Bertz CT molecular complexity index is 332. The molecule has 0 aromatic carbocycles. The van der Waals surface area contributed by atoms with Crippen molar-refractivity contribution in [2.75, 3.05) is 112 Å². The van der Waals surface area contributed by atoms with Crippen molar-refractivity contribution >= 4 is 0 Å². The summed E-state index contributed by atoms with van der Waals surface area (Å²) in [6.45, 7) is 10.5. The molecule has 0 radical (unpaired) electrons. The van der Waals surface area contributed by atoms with Crippen molar-refractivity contribution < 1.29 is 38.3 Å². The lowest BCUT2D eigenvalue weighted by atomic mass is 10.3. The topological polar surface area (TPSA) is 140 Å². The van der Waals surface area contributed by atoms with Gasteiger partial charge < -0.3 is 44.0 Å². The number of aliphatic hydroxyl groups excluding tert-OH is 1. The number of rotatable bonds is 25. The number of ether oxygens (including phenoxy) is 7. The SMILES string of the molecule is CCOCCOCCOCCOCCOCCOCCOCCN(N)CC(N)CO. The highest BCUT2D eigenvalue weighted by Gasteiger charge is 2.05. The third-order valence-corrected chi connectivity index (χ3v) is 3.66. The first-order valence-electron chi connectivity index (χ1n) is 10.6. The standard InChI is InChI=1S/C19H43N3O8/c1-2-24-5-6-26-9-10-28-13-14-30-16-15-29-12-11-27-8-7-25-4-3-22(21)17-19(20)18-23/h19,23H,2-18,20-21H2,1H3. The van der Waals surface area contributed by atoms with Crippen LogP contribution in [0.5, 0.6) is 0 Å². The van der Waals surface area contributed by atoms with Crippen molar-refractivity contribution in [3.8, 4) is 0 Å². The lowest BCUT2D eigenvalue weighted by molar-refractivity contribution is -0.0207. The first kappa shape index (κ1) is 29.6. The predicted octanol–water partition coefficient (Wildman–Crippen LogP) is -1.38. The van der Waals surface area contributed by atoms with Crippen LogP contribution in [0.4, 0.5) is 0 Å². The Morgan fingerprint density at radius 3 is 1.30 bits per heavy atom. The lowest BCUT2D eigenvalue weighted by Crippen LogP contribution is -2.44. The molecule has 0 aliphatic rings. The van der Waals surface area contributed by atoms with Crippen molar-refractivity contribution in [2.45, 2.75) is 13.0 Å². The number of aliphatic hydroxyl groups is 1. The van der Waals surface area contributed by atoms with Crippen LogP contribution in [-0.4, -0.2) is 128 Å². The molecule has 0 aromatic heterocycles. The van der Waals surface area contributed by atoms with Gasteiger partial charge in [-0.05, 0) is 6.92 Å². The van der Waals surface area contributed by atoms with Crippen LogP contribution in [0.3, 0.4) is 0 Å². The smallest absolute Gasteiger partial charge is 0.0701 e. The molecule has 0 aromatic rings. The molecule has 0 amide bonds. The zero-order valence-corrected chi connectivity index (χ0v) is 18.5. The van der Waals surface area contributed by atoms with E-state index < -0.39 is 0 Å². The summed E-state index contributed by atoms with van der Waals surface area (Å²) in [5, 5.41) is 10.4. The van der Waals surface area contributed by atoms with Gasteiger partial charge in [0.05, 0.1) is 92.5 Å². The quantitative estimate of drug-likeness (QED) is 0.0877. The van der Waals surface area contributed by atoms with E-state index in [1.807, 2.05) is 6.92 Å². The van der Waals surface area contributed by atoms with E-state index in [0.29, 0.717) is 106 Å². The molecule has 0 saturated heterocycles.